The molecule has 2 aliphatic rings. The molecule has 0 saturated carbocycles. The molecule has 2 rings (SSSR count). The number of rotatable bonds is 1. The molecule has 0 amide bonds. The highest BCUT2D eigenvalue weighted by Crippen LogP contribution is 2.27. The van der Waals surface area contributed by atoms with Crippen molar-refractivity contribution in [2.45, 2.75) is 43.9 Å². The summed E-state index contributed by atoms with van der Waals surface area (Å²) in [5.74, 6) is 0. The molecule has 0 aromatic heterocycles. The van der Waals surface area contributed by atoms with Crippen LogP contribution in [-0.4, -0.2) is 25.3 Å². The van der Waals surface area contributed by atoms with E-state index < -0.39 is 0 Å². The number of halogens is 1. The molecule has 66 valence electrons. The van der Waals surface area contributed by atoms with E-state index in [-0.39, 0.29) is 12.4 Å². The zero-order valence-electron chi connectivity index (χ0n) is 6.88. The van der Waals surface area contributed by atoms with Crippen molar-refractivity contribution in [1.82, 2.24) is 5.32 Å². The van der Waals surface area contributed by atoms with E-state index in [2.05, 4.69) is 5.32 Å². The van der Waals surface area contributed by atoms with E-state index in [1.54, 1.807) is 0 Å². The number of hydrogen-bond acceptors (Lipinski definition) is 2. The third-order valence-electron chi connectivity index (χ3n) is 2.76. The predicted octanol–water partition coefficient (Wildman–Crippen LogP) is 1.34. The highest BCUT2D eigenvalue weighted by atomic mass is 35.5. The van der Waals surface area contributed by atoms with Gasteiger partial charge in [-0.05, 0) is 25.7 Å². The van der Waals surface area contributed by atoms with Crippen LogP contribution in [0.15, 0.2) is 0 Å². The standard InChI is InChI=1S/C8H15NO.ClH/c1-10-8-4-6-2-3-7(5-8)9-6;/h6-9H,2-5H2,1H3;1H/t6-,7-;/m1./s1. The first kappa shape index (κ1) is 9.30. The second-order valence-corrected chi connectivity index (χ2v) is 3.47. The van der Waals surface area contributed by atoms with Crippen LogP contribution in [0.2, 0.25) is 0 Å². The molecule has 2 aliphatic heterocycles. The Labute approximate surface area is 74.1 Å². The lowest BCUT2D eigenvalue weighted by molar-refractivity contribution is 0.0601. The average molecular weight is 178 g/mol. The minimum Gasteiger partial charge on any atom is -0.381 e. The Morgan fingerprint density at radius 2 is 1.73 bits per heavy atom. The lowest BCUT2D eigenvalue weighted by Gasteiger charge is -2.27. The first-order valence-corrected chi connectivity index (χ1v) is 4.17. The number of methoxy groups -OCH3 is 1. The van der Waals surface area contributed by atoms with Gasteiger partial charge in [0.15, 0.2) is 0 Å². The van der Waals surface area contributed by atoms with Crippen molar-refractivity contribution in [3.8, 4) is 0 Å². The number of fused-ring (bicyclic) bond motifs is 2. The maximum Gasteiger partial charge on any atom is 0.0601 e. The minimum absolute atomic E-state index is 0. The highest BCUT2D eigenvalue weighted by molar-refractivity contribution is 5.85. The summed E-state index contributed by atoms with van der Waals surface area (Å²) in [4.78, 5) is 0. The van der Waals surface area contributed by atoms with Gasteiger partial charge in [0.1, 0.15) is 0 Å². The molecule has 0 aromatic rings. The molecule has 11 heavy (non-hydrogen) atoms. The van der Waals surface area contributed by atoms with Gasteiger partial charge in [0, 0.05) is 19.2 Å². The van der Waals surface area contributed by atoms with Crippen molar-refractivity contribution in [3.05, 3.63) is 0 Å². The van der Waals surface area contributed by atoms with Crippen LogP contribution in [0.25, 0.3) is 0 Å². The van der Waals surface area contributed by atoms with Crippen LogP contribution >= 0.6 is 12.4 Å². The van der Waals surface area contributed by atoms with Gasteiger partial charge in [-0.15, -0.1) is 12.4 Å². The molecule has 0 aliphatic carbocycles. The van der Waals surface area contributed by atoms with Gasteiger partial charge in [-0.2, -0.15) is 0 Å². The SMILES string of the molecule is COC1C[C@H]2CC[C@H](C1)N2.Cl. The second kappa shape index (κ2) is 3.74. The molecule has 0 unspecified atom stereocenters. The van der Waals surface area contributed by atoms with Crippen LogP contribution in [0.3, 0.4) is 0 Å². The van der Waals surface area contributed by atoms with Gasteiger partial charge >= 0.3 is 0 Å². The Morgan fingerprint density at radius 3 is 2.18 bits per heavy atom. The molecule has 2 heterocycles. The molecule has 1 N–H and O–H groups in total. The second-order valence-electron chi connectivity index (χ2n) is 3.47. The average Bonchev–Trinajstić information content (AvgIpc) is 2.30. The number of ether oxygens (including phenoxy) is 1. The van der Waals surface area contributed by atoms with Crippen LogP contribution in [0.1, 0.15) is 25.7 Å². The molecule has 0 spiro atoms. The van der Waals surface area contributed by atoms with Gasteiger partial charge in [-0.25, -0.2) is 0 Å². The maximum atomic E-state index is 5.33. The zero-order valence-corrected chi connectivity index (χ0v) is 7.69. The summed E-state index contributed by atoms with van der Waals surface area (Å²) in [6.45, 7) is 0. The van der Waals surface area contributed by atoms with E-state index >= 15 is 0 Å². The molecule has 2 atom stereocenters. The highest BCUT2D eigenvalue weighted by Gasteiger charge is 2.33. The van der Waals surface area contributed by atoms with Crippen LogP contribution < -0.4 is 5.32 Å². The first-order valence-electron chi connectivity index (χ1n) is 4.17. The molecule has 0 aromatic carbocycles. The molecule has 2 bridgehead atoms. The maximum absolute atomic E-state index is 5.33. The molecule has 3 heteroatoms. The minimum atomic E-state index is 0. The Kier molecular flexibility index (Phi) is 3.16. The third kappa shape index (κ3) is 1.86. The quantitative estimate of drug-likeness (QED) is 0.653. The zero-order chi connectivity index (χ0) is 6.97. The molecular weight excluding hydrogens is 162 g/mol. The van der Waals surface area contributed by atoms with Gasteiger partial charge in [0.05, 0.1) is 6.10 Å². The summed E-state index contributed by atoms with van der Waals surface area (Å²) in [6.07, 6.45) is 5.73. The number of nitrogens with one attached hydrogen (secondary N) is 1. The molecular formula is C8H16ClNO. The molecule has 2 nitrogen and oxygen atoms in total. The van der Waals surface area contributed by atoms with E-state index in [9.17, 15) is 0 Å². The van der Waals surface area contributed by atoms with Crippen LogP contribution in [0, 0.1) is 0 Å². The Bertz CT molecular complexity index is 119. The summed E-state index contributed by atoms with van der Waals surface area (Å²) in [7, 11) is 1.83. The van der Waals surface area contributed by atoms with Gasteiger partial charge in [-0.3, -0.25) is 0 Å². The fraction of sp³-hybridized carbons (Fsp3) is 1.00. The number of piperidine rings is 1. The summed E-state index contributed by atoms with van der Waals surface area (Å²) < 4.78 is 5.33. The van der Waals surface area contributed by atoms with Crippen LogP contribution in [0.4, 0.5) is 0 Å². The lowest BCUT2D eigenvalue weighted by atomic mass is 10.0. The fourth-order valence-electron chi connectivity index (χ4n) is 2.20. The third-order valence-corrected chi connectivity index (χ3v) is 2.76. The van der Waals surface area contributed by atoms with Gasteiger partial charge < -0.3 is 10.1 Å². The fourth-order valence-corrected chi connectivity index (χ4v) is 2.20. The van der Waals surface area contributed by atoms with E-state index in [1.807, 2.05) is 7.11 Å². The normalized spacial score (nSPS) is 41.7. The van der Waals surface area contributed by atoms with E-state index in [4.69, 9.17) is 4.74 Å². The summed E-state index contributed by atoms with van der Waals surface area (Å²) in [5, 5.41) is 3.57. The van der Waals surface area contributed by atoms with Gasteiger partial charge in [0.2, 0.25) is 0 Å². The van der Waals surface area contributed by atoms with Gasteiger partial charge in [0.25, 0.3) is 0 Å². The van der Waals surface area contributed by atoms with E-state index in [0.717, 1.165) is 12.1 Å². The summed E-state index contributed by atoms with van der Waals surface area (Å²) in [6, 6.07) is 1.53. The largest absolute Gasteiger partial charge is 0.381 e. The van der Waals surface area contributed by atoms with E-state index in [0.29, 0.717) is 6.10 Å². The summed E-state index contributed by atoms with van der Waals surface area (Å²) >= 11 is 0. The summed E-state index contributed by atoms with van der Waals surface area (Å²) in [5.41, 5.74) is 0. The van der Waals surface area contributed by atoms with Crippen LogP contribution in [0.5, 0.6) is 0 Å². The Hall–Kier alpha value is 0.210. The van der Waals surface area contributed by atoms with Crippen molar-refractivity contribution in [3.63, 3.8) is 0 Å². The Balaban J connectivity index is 0.000000605. The van der Waals surface area contributed by atoms with Gasteiger partial charge in [-0.1, -0.05) is 0 Å². The monoisotopic (exact) mass is 177 g/mol. The van der Waals surface area contributed by atoms with Crippen LogP contribution in [-0.2, 0) is 4.74 Å². The molecule has 0 radical (unpaired) electrons. The molecule has 2 fully saturated rings. The van der Waals surface area contributed by atoms with Crippen molar-refractivity contribution in [2.75, 3.05) is 7.11 Å². The van der Waals surface area contributed by atoms with Crippen molar-refractivity contribution in [1.29, 1.82) is 0 Å². The number of hydrogen-bond donors (Lipinski definition) is 1. The van der Waals surface area contributed by atoms with E-state index in [1.165, 1.54) is 25.7 Å². The van der Waals surface area contributed by atoms with Crippen molar-refractivity contribution in [2.24, 2.45) is 0 Å². The lowest BCUT2D eigenvalue weighted by Crippen LogP contribution is -2.40. The topological polar surface area (TPSA) is 21.3 Å². The van der Waals surface area contributed by atoms with Crippen molar-refractivity contribution < 1.29 is 4.74 Å². The Morgan fingerprint density at radius 1 is 1.18 bits per heavy atom. The first-order chi connectivity index (χ1) is 4.88. The predicted molar refractivity (Wildman–Crippen MR) is 47.2 cm³/mol. The molecule has 2 saturated heterocycles. The smallest absolute Gasteiger partial charge is 0.0601 e. The van der Waals surface area contributed by atoms with Crippen molar-refractivity contribution >= 4 is 12.4 Å².